The molecule has 3 saturated carbocycles. The summed E-state index contributed by atoms with van der Waals surface area (Å²) in [6.07, 6.45) is 13.6. The van der Waals surface area contributed by atoms with Crippen molar-refractivity contribution in [2.75, 3.05) is 0 Å². The van der Waals surface area contributed by atoms with Crippen molar-refractivity contribution in [1.29, 1.82) is 0 Å². The maximum atomic E-state index is 11.3. The normalized spacial score (nSPS) is 53.6. The van der Waals surface area contributed by atoms with E-state index >= 15 is 0 Å². The molecule has 24 heavy (non-hydrogen) atoms. The van der Waals surface area contributed by atoms with Gasteiger partial charge in [0.25, 0.3) is 0 Å². The molecule has 0 radical (unpaired) electrons. The summed E-state index contributed by atoms with van der Waals surface area (Å²) in [4.78, 5) is 0. The minimum Gasteiger partial charge on any atom is -0.393 e. The molecule has 3 fully saturated rings. The Morgan fingerprint density at radius 1 is 1.17 bits per heavy atom. The maximum absolute atomic E-state index is 11.3. The van der Waals surface area contributed by atoms with Gasteiger partial charge in [0.1, 0.15) is 0 Å². The molecule has 2 N–H and O–H groups in total. The molecule has 4 aliphatic rings. The number of hydrogen-bond donors (Lipinski definition) is 2. The van der Waals surface area contributed by atoms with Crippen LogP contribution in [0.2, 0.25) is 0 Å². The van der Waals surface area contributed by atoms with Crippen LogP contribution in [0.5, 0.6) is 0 Å². The lowest BCUT2D eigenvalue weighted by atomic mass is 9.47. The molecule has 4 rings (SSSR count). The topological polar surface area (TPSA) is 40.5 Å². The van der Waals surface area contributed by atoms with Gasteiger partial charge in [0, 0.05) is 0 Å². The van der Waals surface area contributed by atoms with Gasteiger partial charge in [0.05, 0.1) is 11.7 Å². The summed E-state index contributed by atoms with van der Waals surface area (Å²) in [7, 11) is 0. The Morgan fingerprint density at radius 2 is 1.92 bits per heavy atom. The van der Waals surface area contributed by atoms with Crippen LogP contribution >= 0.6 is 0 Å². The fourth-order valence-electron chi connectivity index (χ4n) is 7.33. The molecule has 2 nitrogen and oxygen atoms in total. The van der Waals surface area contributed by atoms with Gasteiger partial charge in [-0.2, -0.15) is 0 Å². The van der Waals surface area contributed by atoms with Gasteiger partial charge < -0.3 is 10.2 Å². The van der Waals surface area contributed by atoms with Gasteiger partial charge >= 0.3 is 0 Å². The second-order valence-corrected chi connectivity index (χ2v) is 9.68. The fraction of sp³-hybridized carbons (Fsp3) is 0.818. The van der Waals surface area contributed by atoms with Gasteiger partial charge in [-0.05, 0) is 86.4 Å². The number of aliphatic hydroxyl groups is 2. The number of rotatable bonds is 2. The van der Waals surface area contributed by atoms with Crippen LogP contribution in [0.1, 0.15) is 71.6 Å². The molecular formula is C22H34O2. The predicted octanol–water partition coefficient (Wildman–Crippen LogP) is 4.62. The molecule has 134 valence electrons. The molecule has 0 bridgehead atoms. The van der Waals surface area contributed by atoms with Crippen molar-refractivity contribution in [3.8, 4) is 0 Å². The molecule has 0 saturated heterocycles. The van der Waals surface area contributed by atoms with Crippen molar-refractivity contribution in [3.05, 3.63) is 24.3 Å². The highest BCUT2D eigenvalue weighted by atomic mass is 16.3. The summed E-state index contributed by atoms with van der Waals surface area (Å²) >= 11 is 0. The first-order valence-electron chi connectivity index (χ1n) is 10.0. The Balaban J connectivity index is 1.66. The largest absolute Gasteiger partial charge is 0.393 e. The summed E-state index contributed by atoms with van der Waals surface area (Å²) in [5.41, 5.74) is 1.34. The van der Waals surface area contributed by atoms with Crippen LogP contribution in [-0.4, -0.2) is 21.9 Å². The lowest BCUT2D eigenvalue weighted by Crippen LogP contribution is -2.54. The predicted molar refractivity (Wildman–Crippen MR) is 97.5 cm³/mol. The Morgan fingerprint density at radius 3 is 2.67 bits per heavy atom. The number of allylic oxidation sites excluding steroid dienone is 1. The lowest BCUT2D eigenvalue weighted by Gasteiger charge is -2.59. The number of fused-ring (bicyclic) bond motifs is 5. The van der Waals surface area contributed by atoms with E-state index in [1.165, 1.54) is 18.4 Å². The van der Waals surface area contributed by atoms with Gasteiger partial charge in [0.15, 0.2) is 0 Å². The van der Waals surface area contributed by atoms with Gasteiger partial charge in [-0.1, -0.05) is 31.6 Å². The van der Waals surface area contributed by atoms with E-state index in [1.807, 2.05) is 6.08 Å². The van der Waals surface area contributed by atoms with Crippen molar-refractivity contribution < 1.29 is 10.2 Å². The van der Waals surface area contributed by atoms with E-state index < -0.39 is 5.60 Å². The van der Waals surface area contributed by atoms with E-state index in [2.05, 4.69) is 26.5 Å². The molecule has 7 atom stereocenters. The second-order valence-electron chi connectivity index (χ2n) is 9.68. The highest BCUT2D eigenvalue weighted by Crippen LogP contribution is 2.67. The molecule has 2 heteroatoms. The zero-order chi connectivity index (χ0) is 17.2. The number of hydrogen-bond acceptors (Lipinski definition) is 2. The average Bonchev–Trinajstić information content (AvgIpc) is 2.80. The first kappa shape index (κ1) is 16.8. The van der Waals surface area contributed by atoms with Crippen LogP contribution in [0.3, 0.4) is 0 Å². The van der Waals surface area contributed by atoms with Crippen LogP contribution in [0.15, 0.2) is 24.3 Å². The zero-order valence-corrected chi connectivity index (χ0v) is 15.4. The summed E-state index contributed by atoms with van der Waals surface area (Å²) in [6.45, 7) is 8.72. The van der Waals surface area contributed by atoms with Crippen molar-refractivity contribution in [3.63, 3.8) is 0 Å². The fourth-order valence-corrected chi connectivity index (χ4v) is 7.33. The molecule has 0 heterocycles. The number of aliphatic hydroxyl groups excluding tert-OH is 1. The second kappa shape index (κ2) is 5.45. The van der Waals surface area contributed by atoms with Crippen LogP contribution in [-0.2, 0) is 0 Å². The van der Waals surface area contributed by atoms with Crippen molar-refractivity contribution in [2.24, 2.45) is 28.6 Å². The maximum Gasteiger partial charge on any atom is 0.0738 e. The SMILES string of the molecule is C=CC[C@]1(O)CC[C@@H]2[C@@H]3CC=C4C[C@H](O)CC[C@]4(C)[C@H]3CC[C@]21C. The molecule has 0 aliphatic heterocycles. The van der Waals surface area contributed by atoms with Crippen LogP contribution in [0.4, 0.5) is 0 Å². The Bertz CT molecular complexity index is 566. The monoisotopic (exact) mass is 330 g/mol. The summed E-state index contributed by atoms with van der Waals surface area (Å²) in [6, 6.07) is 0. The lowest BCUT2D eigenvalue weighted by molar-refractivity contribution is -0.122. The quantitative estimate of drug-likeness (QED) is 0.725. The van der Waals surface area contributed by atoms with Gasteiger partial charge in [0.2, 0.25) is 0 Å². The molecular weight excluding hydrogens is 296 g/mol. The summed E-state index contributed by atoms with van der Waals surface area (Å²) in [5.74, 6) is 2.10. The van der Waals surface area contributed by atoms with E-state index in [4.69, 9.17) is 0 Å². The third-order valence-corrected chi connectivity index (χ3v) is 8.88. The summed E-state index contributed by atoms with van der Waals surface area (Å²) in [5, 5.41) is 21.4. The molecule has 0 aromatic heterocycles. The Hall–Kier alpha value is -0.600. The summed E-state index contributed by atoms with van der Waals surface area (Å²) < 4.78 is 0. The van der Waals surface area contributed by atoms with Gasteiger partial charge in [-0.15, -0.1) is 6.58 Å². The van der Waals surface area contributed by atoms with Crippen molar-refractivity contribution >= 4 is 0 Å². The molecule has 0 aromatic rings. The molecule has 0 aromatic carbocycles. The highest BCUT2D eigenvalue weighted by Gasteiger charge is 2.63. The molecule has 0 amide bonds. The van der Waals surface area contributed by atoms with Crippen molar-refractivity contribution in [2.45, 2.75) is 83.3 Å². The van der Waals surface area contributed by atoms with E-state index in [0.717, 1.165) is 50.9 Å². The van der Waals surface area contributed by atoms with E-state index in [9.17, 15) is 10.2 Å². The minimum atomic E-state index is -0.544. The van der Waals surface area contributed by atoms with Crippen LogP contribution in [0, 0.1) is 28.6 Å². The smallest absolute Gasteiger partial charge is 0.0738 e. The third kappa shape index (κ3) is 2.08. The minimum absolute atomic E-state index is 0.0538. The third-order valence-electron chi connectivity index (χ3n) is 8.88. The van der Waals surface area contributed by atoms with E-state index in [1.54, 1.807) is 0 Å². The van der Waals surface area contributed by atoms with E-state index in [0.29, 0.717) is 17.3 Å². The Kier molecular flexibility index (Phi) is 3.82. The highest BCUT2D eigenvalue weighted by molar-refractivity contribution is 5.26. The Labute approximate surface area is 147 Å². The first-order valence-corrected chi connectivity index (χ1v) is 10.0. The van der Waals surface area contributed by atoms with E-state index in [-0.39, 0.29) is 11.5 Å². The van der Waals surface area contributed by atoms with Crippen molar-refractivity contribution in [1.82, 2.24) is 0 Å². The molecule has 4 aliphatic carbocycles. The van der Waals surface area contributed by atoms with Crippen LogP contribution < -0.4 is 0 Å². The molecule has 0 unspecified atom stereocenters. The zero-order valence-electron chi connectivity index (χ0n) is 15.4. The standard InChI is InChI=1S/C22H34O2/c1-4-10-22(24)13-9-19-17-6-5-15-14-16(23)7-11-20(15,2)18(17)8-12-21(19,22)3/h4-5,16-19,23-24H,1,6-14H2,2-3H3/t16-,17-,18+,19-,20+,21-,22+/m1/s1. The van der Waals surface area contributed by atoms with Gasteiger partial charge in [-0.3, -0.25) is 0 Å². The first-order chi connectivity index (χ1) is 11.3. The molecule has 0 spiro atoms. The van der Waals surface area contributed by atoms with Crippen LogP contribution in [0.25, 0.3) is 0 Å². The average molecular weight is 331 g/mol. The van der Waals surface area contributed by atoms with Gasteiger partial charge in [-0.25, -0.2) is 0 Å².